The number of hydrogen-bond donors (Lipinski definition) is 1. The molecule has 0 aromatic heterocycles. The Balaban J connectivity index is 2.34. The maximum absolute atomic E-state index is 12.7. The minimum atomic E-state index is -3.91. The van der Waals surface area contributed by atoms with E-state index in [1.54, 1.807) is 0 Å². The predicted molar refractivity (Wildman–Crippen MR) is 54.9 cm³/mol. The Kier molecular flexibility index (Phi) is 4.59. The van der Waals surface area contributed by atoms with Crippen LogP contribution in [0.4, 0.5) is 17.6 Å². The van der Waals surface area contributed by atoms with Crippen LogP contribution in [0.3, 0.4) is 0 Å². The Morgan fingerprint density at radius 2 is 1.81 bits per heavy atom. The van der Waals surface area contributed by atoms with Crippen molar-refractivity contribution in [1.82, 2.24) is 5.32 Å². The van der Waals surface area contributed by atoms with Crippen LogP contribution in [0.15, 0.2) is 0 Å². The highest BCUT2D eigenvalue weighted by molar-refractivity contribution is 4.82. The molecule has 0 radical (unpaired) electrons. The van der Waals surface area contributed by atoms with Crippen molar-refractivity contribution in [2.75, 3.05) is 6.54 Å². The minimum absolute atomic E-state index is 0.0455. The monoisotopic (exact) mass is 241 g/mol. The largest absolute Gasteiger partial charge is 0.319 e. The summed E-state index contributed by atoms with van der Waals surface area (Å²) in [7, 11) is 0. The number of nitrogens with one attached hydrogen (secondary N) is 1. The highest BCUT2D eigenvalue weighted by atomic mass is 19.3. The van der Waals surface area contributed by atoms with Gasteiger partial charge in [-0.1, -0.05) is 13.8 Å². The zero-order valence-corrected chi connectivity index (χ0v) is 9.65. The van der Waals surface area contributed by atoms with Crippen molar-refractivity contribution in [2.45, 2.75) is 51.5 Å². The van der Waals surface area contributed by atoms with Crippen LogP contribution in [0.1, 0.15) is 33.1 Å². The Hall–Kier alpha value is -0.320. The van der Waals surface area contributed by atoms with Crippen LogP contribution in [0.5, 0.6) is 0 Å². The summed E-state index contributed by atoms with van der Waals surface area (Å²) in [6.45, 7) is 3.29. The third-order valence-corrected chi connectivity index (χ3v) is 3.54. The van der Waals surface area contributed by atoms with Crippen molar-refractivity contribution in [3.8, 4) is 0 Å². The summed E-state index contributed by atoms with van der Waals surface area (Å²) in [6.07, 6.45) is -1.02. The van der Waals surface area contributed by atoms with Gasteiger partial charge < -0.3 is 5.32 Å². The molecule has 1 rings (SSSR count). The van der Waals surface area contributed by atoms with E-state index in [-0.39, 0.29) is 6.04 Å². The van der Waals surface area contributed by atoms with E-state index in [9.17, 15) is 17.6 Å². The maximum Gasteiger partial charge on any atom is 0.319 e. The fourth-order valence-electron chi connectivity index (χ4n) is 2.09. The van der Waals surface area contributed by atoms with Crippen LogP contribution < -0.4 is 5.32 Å². The summed E-state index contributed by atoms with van der Waals surface area (Å²) in [5, 5.41) is 2.56. The average molecular weight is 241 g/mol. The van der Waals surface area contributed by atoms with Crippen LogP contribution in [0.25, 0.3) is 0 Å². The van der Waals surface area contributed by atoms with E-state index in [1.807, 2.05) is 0 Å². The third kappa shape index (κ3) is 3.61. The maximum atomic E-state index is 12.7. The zero-order chi connectivity index (χ0) is 12.3. The van der Waals surface area contributed by atoms with Crippen molar-refractivity contribution in [3.63, 3.8) is 0 Å². The summed E-state index contributed by atoms with van der Waals surface area (Å²) in [4.78, 5) is 0. The molecule has 1 N–H and O–H groups in total. The normalized spacial score (nSPS) is 32.1. The molecule has 0 bridgehead atoms. The Morgan fingerprint density at radius 3 is 2.31 bits per heavy atom. The van der Waals surface area contributed by atoms with Crippen molar-refractivity contribution in [3.05, 3.63) is 0 Å². The van der Waals surface area contributed by atoms with E-state index >= 15 is 0 Å². The van der Waals surface area contributed by atoms with Gasteiger partial charge in [0.2, 0.25) is 0 Å². The molecule has 0 amide bonds. The lowest BCUT2D eigenvalue weighted by atomic mass is 9.79. The van der Waals surface area contributed by atoms with Gasteiger partial charge >= 0.3 is 12.3 Å². The molecule has 0 aromatic carbocycles. The molecule has 1 nitrogen and oxygen atoms in total. The summed E-state index contributed by atoms with van der Waals surface area (Å²) in [6, 6.07) is -0.0455. The van der Waals surface area contributed by atoms with Gasteiger partial charge in [-0.2, -0.15) is 8.78 Å². The highest BCUT2D eigenvalue weighted by Gasteiger charge is 2.41. The lowest BCUT2D eigenvalue weighted by Crippen LogP contribution is -2.45. The molecule has 1 fully saturated rings. The first-order valence-corrected chi connectivity index (χ1v) is 5.72. The topological polar surface area (TPSA) is 12.0 Å². The van der Waals surface area contributed by atoms with Crippen molar-refractivity contribution < 1.29 is 17.6 Å². The molecule has 1 saturated carbocycles. The summed E-state index contributed by atoms with van der Waals surface area (Å²) in [5.74, 6) is -2.85. The molecule has 96 valence electrons. The molecule has 5 heteroatoms. The van der Waals surface area contributed by atoms with Crippen LogP contribution in [0.2, 0.25) is 0 Å². The molecule has 0 aliphatic heterocycles. The van der Waals surface area contributed by atoms with Gasteiger partial charge in [-0.25, -0.2) is 8.78 Å². The SMILES string of the molecule is CC1CCC(NCC(F)(F)C(F)F)CC1C. The van der Waals surface area contributed by atoms with Crippen LogP contribution in [-0.4, -0.2) is 24.9 Å². The van der Waals surface area contributed by atoms with Gasteiger partial charge in [0.1, 0.15) is 0 Å². The molecular formula is C11H19F4N. The van der Waals surface area contributed by atoms with Crippen molar-refractivity contribution >= 4 is 0 Å². The van der Waals surface area contributed by atoms with E-state index in [4.69, 9.17) is 0 Å². The van der Waals surface area contributed by atoms with Crippen molar-refractivity contribution in [1.29, 1.82) is 0 Å². The number of hydrogen-bond acceptors (Lipinski definition) is 1. The van der Waals surface area contributed by atoms with Gasteiger partial charge in [0.05, 0.1) is 6.54 Å². The second-order valence-electron chi connectivity index (χ2n) is 4.91. The first kappa shape index (κ1) is 13.7. The molecule has 3 atom stereocenters. The van der Waals surface area contributed by atoms with E-state index < -0.39 is 18.9 Å². The second-order valence-corrected chi connectivity index (χ2v) is 4.91. The van der Waals surface area contributed by atoms with Crippen LogP contribution in [0, 0.1) is 11.8 Å². The molecule has 1 aliphatic rings. The molecule has 0 saturated heterocycles. The molecule has 0 spiro atoms. The van der Waals surface area contributed by atoms with Gasteiger partial charge in [0, 0.05) is 6.04 Å². The van der Waals surface area contributed by atoms with Gasteiger partial charge in [0.25, 0.3) is 0 Å². The highest BCUT2D eigenvalue weighted by Crippen LogP contribution is 2.30. The first-order valence-electron chi connectivity index (χ1n) is 5.72. The fourth-order valence-corrected chi connectivity index (χ4v) is 2.09. The van der Waals surface area contributed by atoms with Crippen molar-refractivity contribution in [2.24, 2.45) is 11.8 Å². The lowest BCUT2D eigenvalue weighted by molar-refractivity contribution is -0.126. The van der Waals surface area contributed by atoms with Crippen LogP contribution >= 0.6 is 0 Å². The Bertz CT molecular complexity index is 220. The number of alkyl halides is 4. The summed E-state index contributed by atoms with van der Waals surface area (Å²) in [5.41, 5.74) is 0. The van der Waals surface area contributed by atoms with E-state index in [0.717, 1.165) is 19.3 Å². The van der Waals surface area contributed by atoms with Crippen LogP contribution in [-0.2, 0) is 0 Å². The molecule has 1 aliphatic carbocycles. The van der Waals surface area contributed by atoms with Gasteiger partial charge in [-0.15, -0.1) is 0 Å². The second kappa shape index (κ2) is 5.34. The van der Waals surface area contributed by atoms with E-state index in [0.29, 0.717) is 11.8 Å². The molecule has 0 aromatic rings. The quantitative estimate of drug-likeness (QED) is 0.745. The number of halogens is 4. The molecule has 3 unspecified atom stereocenters. The predicted octanol–water partition coefficient (Wildman–Crippen LogP) is 3.30. The molecule has 16 heavy (non-hydrogen) atoms. The molecule has 0 heterocycles. The Labute approximate surface area is 93.6 Å². The van der Waals surface area contributed by atoms with E-state index in [2.05, 4.69) is 19.2 Å². The molecular weight excluding hydrogens is 222 g/mol. The van der Waals surface area contributed by atoms with E-state index in [1.165, 1.54) is 0 Å². The first-order chi connectivity index (χ1) is 7.33. The van der Waals surface area contributed by atoms with Gasteiger partial charge in [-0.05, 0) is 31.1 Å². The average Bonchev–Trinajstić information content (AvgIpc) is 2.20. The minimum Gasteiger partial charge on any atom is -0.308 e. The summed E-state index contributed by atoms with van der Waals surface area (Å²) < 4.78 is 49.2. The fraction of sp³-hybridized carbons (Fsp3) is 1.00. The zero-order valence-electron chi connectivity index (χ0n) is 9.65. The van der Waals surface area contributed by atoms with Gasteiger partial charge in [-0.3, -0.25) is 0 Å². The van der Waals surface area contributed by atoms with Gasteiger partial charge in [0.15, 0.2) is 0 Å². The number of rotatable bonds is 4. The standard InChI is InChI=1S/C11H19F4N/c1-7-3-4-9(5-8(7)2)16-6-11(14,15)10(12)13/h7-10,16H,3-6H2,1-2H3. The Morgan fingerprint density at radius 1 is 1.19 bits per heavy atom. The lowest BCUT2D eigenvalue weighted by Gasteiger charge is -2.33. The smallest absolute Gasteiger partial charge is 0.308 e. The summed E-state index contributed by atoms with van der Waals surface area (Å²) >= 11 is 0. The third-order valence-electron chi connectivity index (χ3n) is 3.54.